The van der Waals surface area contributed by atoms with Gasteiger partial charge in [-0.1, -0.05) is 25.1 Å². The summed E-state index contributed by atoms with van der Waals surface area (Å²) in [4.78, 5) is 4.39. The van der Waals surface area contributed by atoms with Crippen molar-refractivity contribution in [2.45, 2.75) is 13.3 Å². The quantitative estimate of drug-likeness (QED) is 0.737. The van der Waals surface area contributed by atoms with Gasteiger partial charge in [0.1, 0.15) is 12.1 Å². The number of nitrogens with zero attached hydrogens (tertiary/aromatic N) is 2. The first-order chi connectivity index (χ1) is 9.81. The van der Waals surface area contributed by atoms with Gasteiger partial charge < -0.3 is 10.5 Å². The number of aromatic nitrogens is 2. The molecule has 3 aromatic rings. The van der Waals surface area contributed by atoms with Gasteiger partial charge in [0.05, 0.1) is 29.0 Å². The number of rotatable bonds is 4. The van der Waals surface area contributed by atoms with Crippen LogP contribution in [0.5, 0.6) is 5.75 Å². The van der Waals surface area contributed by atoms with Gasteiger partial charge in [0.2, 0.25) is 0 Å². The third-order valence-corrected chi connectivity index (χ3v) is 3.22. The summed E-state index contributed by atoms with van der Waals surface area (Å²) in [7, 11) is 0. The van der Waals surface area contributed by atoms with Crippen LogP contribution in [0.2, 0.25) is 0 Å². The second-order valence-corrected chi connectivity index (χ2v) is 4.64. The predicted octanol–water partition coefficient (Wildman–Crippen LogP) is 3.40. The molecule has 0 saturated carbocycles. The topological polar surface area (TPSA) is 53.1 Å². The fourth-order valence-electron chi connectivity index (χ4n) is 2.23. The summed E-state index contributed by atoms with van der Waals surface area (Å²) >= 11 is 0. The van der Waals surface area contributed by atoms with Crippen molar-refractivity contribution in [3.8, 4) is 11.4 Å². The summed E-state index contributed by atoms with van der Waals surface area (Å²) in [5.74, 6) is 0.724. The van der Waals surface area contributed by atoms with Gasteiger partial charge in [-0.05, 0) is 30.7 Å². The lowest BCUT2D eigenvalue weighted by atomic mass is 10.2. The van der Waals surface area contributed by atoms with Gasteiger partial charge in [-0.15, -0.1) is 0 Å². The average Bonchev–Trinajstić information content (AvgIpc) is 2.90. The molecule has 0 aliphatic carbocycles. The van der Waals surface area contributed by atoms with E-state index in [1.807, 2.05) is 47.0 Å². The number of hydrogen-bond donors (Lipinski definition) is 1. The number of nitrogen functional groups attached to an aromatic ring is 1. The van der Waals surface area contributed by atoms with Crippen molar-refractivity contribution < 1.29 is 4.74 Å². The standard InChI is InChI=1S/C16H17N3O/c1-2-10-20-15-9-5-8-14(16(15)17)19-11-18-12-6-3-4-7-13(12)19/h3-9,11H,2,10,17H2,1H3. The molecule has 2 N–H and O–H groups in total. The maximum Gasteiger partial charge on any atom is 0.144 e. The molecule has 4 nitrogen and oxygen atoms in total. The third kappa shape index (κ3) is 2.09. The molecule has 0 saturated heterocycles. The summed E-state index contributed by atoms with van der Waals surface area (Å²) < 4.78 is 7.67. The lowest BCUT2D eigenvalue weighted by molar-refractivity contribution is 0.319. The van der Waals surface area contributed by atoms with Crippen molar-refractivity contribution in [3.63, 3.8) is 0 Å². The van der Waals surface area contributed by atoms with E-state index < -0.39 is 0 Å². The largest absolute Gasteiger partial charge is 0.491 e. The molecule has 0 atom stereocenters. The summed E-state index contributed by atoms with van der Waals surface area (Å²) in [6.45, 7) is 2.74. The minimum atomic E-state index is 0.643. The molecule has 102 valence electrons. The summed E-state index contributed by atoms with van der Waals surface area (Å²) in [6, 6.07) is 13.8. The highest BCUT2D eigenvalue weighted by molar-refractivity contribution is 5.80. The maximum absolute atomic E-state index is 6.23. The Morgan fingerprint density at radius 1 is 1.15 bits per heavy atom. The zero-order valence-electron chi connectivity index (χ0n) is 11.4. The fraction of sp³-hybridized carbons (Fsp3) is 0.188. The Bertz CT molecular complexity index is 733. The first kappa shape index (κ1) is 12.5. The number of hydrogen-bond acceptors (Lipinski definition) is 3. The van der Waals surface area contributed by atoms with E-state index in [-0.39, 0.29) is 0 Å². The molecular formula is C16H17N3O. The molecule has 20 heavy (non-hydrogen) atoms. The molecular weight excluding hydrogens is 250 g/mol. The van der Waals surface area contributed by atoms with Crippen LogP contribution in [0.1, 0.15) is 13.3 Å². The molecule has 0 unspecified atom stereocenters. The number of anilines is 1. The smallest absolute Gasteiger partial charge is 0.144 e. The SMILES string of the molecule is CCCOc1cccc(-n2cnc3ccccc32)c1N. The molecule has 0 amide bonds. The Morgan fingerprint density at radius 2 is 2.00 bits per heavy atom. The zero-order valence-corrected chi connectivity index (χ0v) is 11.4. The lowest BCUT2D eigenvalue weighted by Crippen LogP contribution is -2.03. The van der Waals surface area contributed by atoms with Crippen molar-refractivity contribution in [1.29, 1.82) is 0 Å². The molecule has 4 heteroatoms. The van der Waals surface area contributed by atoms with Gasteiger partial charge in [-0.3, -0.25) is 4.57 Å². The van der Waals surface area contributed by atoms with E-state index in [2.05, 4.69) is 11.9 Å². The Hall–Kier alpha value is -2.49. The molecule has 0 radical (unpaired) electrons. The van der Waals surface area contributed by atoms with Crippen LogP contribution in [-0.4, -0.2) is 16.2 Å². The minimum absolute atomic E-state index is 0.643. The van der Waals surface area contributed by atoms with E-state index in [4.69, 9.17) is 10.5 Å². The number of nitrogens with two attached hydrogens (primary N) is 1. The minimum Gasteiger partial charge on any atom is -0.491 e. The van der Waals surface area contributed by atoms with Crippen molar-refractivity contribution in [2.24, 2.45) is 0 Å². The van der Waals surface area contributed by atoms with Crippen LogP contribution in [0.15, 0.2) is 48.8 Å². The highest BCUT2D eigenvalue weighted by atomic mass is 16.5. The van der Waals surface area contributed by atoms with Crippen LogP contribution >= 0.6 is 0 Å². The molecule has 0 aliphatic rings. The van der Waals surface area contributed by atoms with Crippen molar-refractivity contribution in [3.05, 3.63) is 48.8 Å². The van der Waals surface area contributed by atoms with Crippen LogP contribution < -0.4 is 10.5 Å². The number of benzene rings is 2. The summed E-state index contributed by atoms with van der Waals surface area (Å²) in [5.41, 5.74) is 9.76. The van der Waals surface area contributed by atoms with E-state index in [9.17, 15) is 0 Å². The monoisotopic (exact) mass is 267 g/mol. The fourth-order valence-corrected chi connectivity index (χ4v) is 2.23. The summed E-state index contributed by atoms with van der Waals surface area (Å²) in [5, 5.41) is 0. The van der Waals surface area contributed by atoms with E-state index in [1.54, 1.807) is 6.33 Å². The van der Waals surface area contributed by atoms with Gasteiger partial charge in [0.25, 0.3) is 0 Å². The van der Waals surface area contributed by atoms with Crippen LogP contribution in [0.3, 0.4) is 0 Å². The van der Waals surface area contributed by atoms with E-state index >= 15 is 0 Å². The van der Waals surface area contributed by atoms with Crippen molar-refractivity contribution in [1.82, 2.24) is 9.55 Å². The first-order valence-electron chi connectivity index (χ1n) is 6.75. The van der Waals surface area contributed by atoms with Crippen LogP contribution in [0.25, 0.3) is 16.7 Å². The van der Waals surface area contributed by atoms with Crippen molar-refractivity contribution >= 4 is 16.7 Å². The van der Waals surface area contributed by atoms with Crippen LogP contribution in [0, 0.1) is 0 Å². The number of fused-ring (bicyclic) bond motifs is 1. The van der Waals surface area contributed by atoms with Gasteiger partial charge in [-0.25, -0.2) is 4.98 Å². The van der Waals surface area contributed by atoms with Crippen LogP contribution in [-0.2, 0) is 0 Å². The van der Waals surface area contributed by atoms with Crippen LogP contribution in [0.4, 0.5) is 5.69 Å². The normalized spacial score (nSPS) is 10.8. The second-order valence-electron chi connectivity index (χ2n) is 4.64. The predicted molar refractivity (Wildman–Crippen MR) is 81.3 cm³/mol. The Kier molecular flexibility index (Phi) is 3.29. The van der Waals surface area contributed by atoms with E-state index in [0.29, 0.717) is 12.3 Å². The Balaban J connectivity index is 2.10. The molecule has 2 aromatic carbocycles. The Labute approximate surface area is 117 Å². The van der Waals surface area contributed by atoms with Gasteiger partial charge >= 0.3 is 0 Å². The first-order valence-corrected chi connectivity index (χ1v) is 6.75. The molecule has 3 rings (SSSR count). The number of imidazole rings is 1. The Morgan fingerprint density at radius 3 is 2.85 bits per heavy atom. The third-order valence-electron chi connectivity index (χ3n) is 3.22. The maximum atomic E-state index is 6.23. The highest BCUT2D eigenvalue weighted by Gasteiger charge is 2.10. The molecule has 0 bridgehead atoms. The zero-order chi connectivity index (χ0) is 13.9. The summed E-state index contributed by atoms with van der Waals surface area (Å²) in [6.07, 6.45) is 2.75. The van der Waals surface area contributed by atoms with Gasteiger partial charge in [0, 0.05) is 0 Å². The van der Waals surface area contributed by atoms with Crippen molar-refractivity contribution in [2.75, 3.05) is 12.3 Å². The molecule has 1 aromatic heterocycles. The lowest BCUT2D eigenvalue weighted by Gasteiger charge is -2.13. The van der Waals surface area contributed by atoms with E-state index in [0.717, 1.165) is 28.9 Å². The highest BCUT2D eigenvalue weighted by Crippen LogP contribution is 2.30. The number of ether oxygens (including phenoxy) is 1. The number of para-hydroxylation sites is 3. The average molecular weight is 267 g/mol. The van der Waals surface area contributed by atoms with E-state index in [1.165, 1.54) is 0 Å². The molecule has 0 spiro atoms. The molecule has 0 aliphatic heterocycles. The molecule has 0 fully saturated rings. The van der Waals surface area contributed by atoms with Gasteiger partial charge in [0.15, 0.2) is 0 Å². The molecule has 1 heterocycles. The second kappa shape index (κ2) is 5.25. The van der Waals surface area contributed by atoms with Gasteiger partial charge in [-0.2, -0.15) is 0 Å².